The summed E-state index contributed by atoms with van der Waals surface area (Å²) in [5.74, 6) is -1.54. The molecule has 1 saturated heterocycles. The van der Waals surface area contributed by atoms with Crippen LogP contribution in [0, 0.1) is 5.92 Å². The summed E-state index contributed by atoms with van der Waals surface area (Å²) in [6.45, 7) is 1.60. The Balaban J connectivity index is 2.42. The largest absolute Gasteiger partial charge is 0.548 e. The average Bonchev–Trinajstić information content (AvgIpc) is 2.44. The number of ketones is 1. The van der Waals surface area contributed by atoms with E-state index < -0.39 is 5.97 Å². The molecular formula is C10H14NO4-. The van der Waals surface area contributed by atoms with Crippen molar-refractivity contribution < 1.29 is 19.5 Å². The molecule has 5 nitrogen and oxygen atoms in total. The van der Waals surface area contributed by atoms with Crippen LogP contribution >= 0.6 is 0 Å². The van der Waals surface area contributed by atoms with Crippen molar-refractivity contribution in [2.75, 3.05) is 13.1 Å². The minimum atomic E-state index is -1.24. The van der Waals surface area contributed by atoms with E-state index in [-0.39, 0.29) is 24.2 Å². The van der Waals surface area contributed by atoms with Gasteiger partial charge in [-0.15, -0.1) is 0 Å². The predicted molar refractivity (Wildman–Crippen MR) is 49.6 cm³/mol. The second-order valence-electron chi connectivity index (χ2n) is 3.86. The number of aliphatic carboxylic acids is 1. The fraction of sp³-hybridized carbons (Fsp3) is 0.700. The first-order chi connectivity index (χ1) is 7.00. The maximum atomic E-state index is 11.6. The lowest BCUT2D eigenvalue weighted by Gasteiger charge is -2.16. The van der Waals surface area contributed by atoms with Crippen LogP contribution in [0.15, 0.2) is 0 Å². The second-order valence-corrected chi connectivity index (χ2v) is 3.86. The number of rotatable bonds is 5. The standard InChI is InChI=1S/C10H15NO4/c1-7(12)2-3-8-4-5-11(10(8)15)6-9(13)14/h8H,2-6H2,1H3,(H,13,14)/p-1. The molecule has 1 rings (SSSR count). The lowest BCUT2D eigenvalue weighted by atomic mass is 10.0. The molecule has 0 saturated carbocycles. The Morgan fingerprint density at radius 1 is 1.53 bits per heavy atom. The van der Waals surface area contributed by atoms with Crippen molar-refractivity contribution in [3.05, 3.63) is 0 Å². The van der Waals surface area contributed by atoms with Crippen LogP contribution < -0.4 is 5.11 Å². The van der Waals surface area contributed by atoms with E-state index in [2.05, 4.69) is 0 Å². The number of amides is 1. The molecule has 1 aliphatic heterocycles. The van der Waals surface area contributed by atoms with Crippen LogP contribution in [0.2, 0.25) is 0 Å². The number of hydrogen-bond donors (Lipinski definition) is 0. The van der Waals surface area contributed by atoms with Gasteiger partial charge < -0.3 is 19.6 Å². The zero-order chi connectivity index (χ0) is 11.4. The monoisotopic (exact) mass is 212 g/mol. The topological polar surface area (TPSA) is 77.5 Å². The summed E-state index contributed by atoms with van der Waals surface area (Å²) in [5, 5.41) is 10.3. The molecule has 0 aromatic rings. The molecule has 15 heavy (non-hydrogen) atoms. The SMILES string of the molecule is CC(=O)CCC1CCN(CC(=O)[O-])C1=O. The molecule has 1 atom stereocenters. The normalized spacial score (nSPS) is 20.7. The Hall–Kier alpha value is -1.39. The van der Waals surface area contributed by atoms with Crippen molar-refractivity contribution in [1.29, 1.82) is 0 Å². The molecule has 0 radical (unpaired) electrons. The van der Waals surface area contributed by atoms with Gasteiger partial charge in [-0.3, -0.25) is 4.79 Å². The third-order valence-electron chi connectivity index (χ3n) is 2.57. The van der Waals surface area contributed by atoms with Crippen LogP contribution in [-0.2, 0) is 14.4 Å². The Kier molecular flexibility index (Phi) is 3.82. The van der Waals surface area contributed by atoms with Crippen LogP contribution in [0.5, 0.6) is 0 Å². The van der Waals surface area contributed by atoms with E-state index in [1.54, 1.807) is 0 Å². The fourth-order valence-corrected chi connectivity index (χ4v) is 1.76. The molecule has 1 aliphatic rings. The fourth-order valence-electron chi connectivity index (χ4n) is 1.76. The molecule has 0 N–H and O–H groups in total. The molecule has 1 heterocycles. The van der Waals surface area contributed by atoms with Gasteiger partial charge in [0, 0.05) is 18.9 Å². The average molecular weight is 212 g/mol. The van der Waals surface area contributed by atoms with Gasteiger partial charge in [-0.2, -0.15) is 0 Å². The van der Waals surface area contributed by atoms with Crippen molar-refractivity contribution in [2.45, 2.75) is 26.2 Å². The van der Waals surface area contributed by atoms with Gasteiger partial charge in [-0.25, -0.2) is 0 Å². The highest BCUT2D eigenvalue weighted by Gasteiger charge is 2.30. The Bertz CT molecular complexity index is 287. The lowest BCUT2D eigenvalue weighted by molar-refractivity contribution is -0.305. The highest BCUT2D eigenvalue weighted by Crippen LogP contribution is 2.22. The number of nitrogens with zero attached hydrogens (tertiary/aromatic N) is 1. The Morgan fingerprint density at radius 3 is 2.73 bits per heavy atom. The first-order valence-corrected chi connectivity index (χ1v) is 4.98. The van der Waals surface area contributed by atoms with Gasteiger partial charge in [0.2, 0.25) is 5.91 Å². The summed E-state index contributed by atoms with van der Waals surface area (Å²) in [6, 6.07) is 0. The van der Waals surface area contributed by atoms with Crippen molar-refractivity contribution in [3.8, 4) is 0 Å². The summed E-state index contributed by atoms with van der Waals surface area (Å²) in [7, 11) is 0. The van der Waals surface area contributed by atoms with Gasteiger partial charge in [0.05, 0.1) is 12.5 Å². The zero-order valence-electron chi connectivity index (χ0n) is 8.69. The third-order valence-corrected chi connectivity index (χ3v) is 2.57. The second kappa shape index (κ2) is 4.91. The summed E-state index contributed by atoms with van der Waals surface area (Å²) in [5.41, 5.74) is 0. The van der Waals surface area contributed by atoms with Crippen LogP contribution in [0.3, 0.4) is 0 Å². The van der Waals surface area contributed by atoms with Crippen LogP contribution in [-0.4, -0.2) is 35.6 Å². The molecule has 0 aliphatic carbocycles. The smallest absolute Gasteiger partial charge is 0.226 e. The van der Waals surface area contributed by atoms with Crippen LogP contribution in [0.4, 0.5) is 0 Å². The lowest BCUT2D eigenvalue weighted by Crippen LogP contribution is -2.39. The summed E-state index contributed by atoms with van der Waals surface area (Å²) in [4.78, 5) is 33.9. The molecule has 1 fully saturated rings. The number of Topliss-reactive ketones (excluding diaryl/α,β-unsaturated/α-hetero) is 1. The molecule has 0 bridgehead atoms. The number of likely N-dealkylation sites (tertiary alicyclic amines) is 1. The minimum Gasteiger partial charge on any atom is -0.548 e. The van der Waals surface area contributed by atoms with Gasteiger partial charge in [-0.1, -0.05) is 0 Å². The number of carbonyl (C=O) groups excluding carboxylic acids is 3. The maximum absolute atomic E-state index is 11.6. The van der Waals surface area contributed by atoms with Crippen LogP contribution in [0.25, 0.3) is 0 Å². The molecule has 1 unspecified atom stereocenters. The van der Waals surface area contributed by atoms with Gasteiger partial charge in [-0.05, 0) is 19.8 Å². The summed E-state index contributed by atoms with van der Waals surface area (Å²) >= 11 is 0. The predicted octanol–water partition coefficient (Wildman–Crippen LogP) is -1.05. The number of carboxylic acid groups (broad SMARTS) is 1. The number of hydrogen-bond acceptors (Lipinski definition) is 4. The molecule has 5 heteroatoms. The number of carbonyl (C=O) groups is 3. The van der Waals surface area contributed by atoms with Crippen molar-refractivity contribution in [1.82, 2.24) is 4.90 Å². The van der Waals surface area contributed by atoms with Crippen molar-refractivity contribution >= 4 is 17.7 Å². The third kappa shape index (κ3) is 3.34. The molecule has 0 aromatic carbocycles. The zero-order valence-corrected chi connectivity index (χ0v) is 8.69. The van der Waals surface area contributed by atoms with E-state index in [1.165, 1.54) is 11.8 Å². The van der Waals surface area contributed by atoms with Crippen LogP contribution in [0.1, 0.15) is 26.2 Å². The van der Waals surface area contributed by atoms with E-state index in [4.69, 9.17) is 0 Å². The Morgan fingerprint density at radius 2 is 2.20 bits per heavy atom. The molecule has 0 spiro atoms. The minimum absolute atomic E-state index is 0.0566. The molecule has 0 aromatic heterocycles. The first kappa shape index (κ1) is 11.7. The van der Waals surface area contributed by atoms with E-state index in [9.17, 15) is 19.5 Å². The van der Waals surface area contributed by atoms with E-state index in [1.807, 2.05) is 0 Å². The van der Waals surface area contributed by atoms with Gasteiger partial charge in [0.1, 0.15) is 5.78 Å². The van der Waals surface area contributed by atoms with E-state index in [0.717, 1.165) is 0 Å². The van der Waals surface area contributed by atoms with Gasteiger partial charge >= 0.3 is 0 Å². The highest BCUT2D eigenvalue weighted by molar-refractivity contribution is 5.85. The number of carboxylic acids is 1. The van der Waals surface area contributed by atoms with Gasteiger partial charge in [0.25, 0.3) is 0 Å². The summed E-state index contributed by atoms with van der Waals surface area (Å²) < 4.78 is 0. The highest BCUT2D eigenvalue weighted by atomic mass is 16.4. The van der Waals surface area contributed by atoms with Gasteiger partial charge in [0.15, 0.2) is 0 Å². The Labute approximate surface area is 88.1 Å². The quantitative estimate of drug-likeness (QED) is 0.583. The summed E-state index contributed by atoms with van der Waals surface area (Å²) in [6.07, 6.45) is 1.55. The van der Waals surface area contributed by atoms with Crippen molar-refractivity contribution in [2.24, 2.45) is 5.92 Å². The molecule has 84 valence electrons. The maximum Gasteiger partial charge on any atom is 0.226 e. The molecular weight excluding hydrogens is 198 g/mol. The first-order valence-electron chi connectivity index (χ1n) is 4.98. The van der Waals surface area contributed by atoms with E-state index >= 15 is 0 Å². The molecule has 1 amide bonds. The van der Waals surface area contributed by atoms with Crippen molar-refractivity contribution in [3.63, 3.8) is 0 Å². The van der Waals surface area contributed by atoms with E-state index in [0.29, 0.717) is 25.8 Å².